The Hall–Kier alpha value is -0.160. The molecule has 0 aromatic carbocycles. The van der Waals surface area contributed by atoms with Gasteiger partial charge in [0.25, 0.3) is 0 Å². The predicted molar refractivity (Wildman–Crippen MR) is 58.1 cm³/mol. The molecule has 0 amide bonds. The van der Waals surface area contributed by atoms with Crippen LogP contribution in [0.3, 0.4) is 0 Å². The molecule has 2 aliphatic heterocycles. The van der Waals surface area contributed by atoms with Crippen molar-refractivity contribution in [1.82, 2.24) is 19.6 Å². The second kappa shape index (κ2) is 3.77. The molecule has 2 saturated heterocycles. The molecule has 4 heteroatoms. The molecule has 2 fully saturated rings. The molecular formula is C10H22N4. The third-order valence-electron chi connectivity index (χ3n) is 3.55. The average molecular weight is 198 g/mol. The van der Waals surface area contributed by atoms with E-state index in [1.807, 2.05) is 0 Å². The average Bonchev–Trinajstić information content (AvgIpc) is 2.47. The lowest BCUT2D eigenvalue weighted by Crippen LogP contribution is -2.64. The molecule has 2 rings (SSSR count). The van der Waals surface area contributed by atoms with Gasteiger partial charge in [-0.3, -0.25) is 19.6 Å². The topological polar surface area (TPSA) is 13.0 Å². The Morgan fingerprint density at radius 3 is 2.07 bits per heavy atom. The van der Waals surface area contributed by atoms with Gasteiger partial charge in [0.2, 0.25) is 0 Å². The zero-order chi connectivity index (χ0) is 10.3. The quantitative estimate of drug-likeness (QED) is 0.557. The second-order valence-corrected chi connectivity index (χ2v) is 4.79. The van der Waals surface area contributed by atoms with Crippen molar-refractivity contribution in [3.63, 3.8) is 0 Å². The van der Waals surface area contributed by atoms with Crippen LogP contribution in [0.15, 0.2) is 0 Å². The highest BCUT2D eigenvalue weighted by Gasteiger charge is 2.41. The van der Waals surface area contributed by atoms with E-state index in [2.05, 4.69) is 47.8 Å². The summed E-state index contributed by atoms with van der Waals surface area (Å²) in [5.41, 5.74) is 0. The van der Waals surface area contributed by atoms with Crippen molar-refractivity contribution in [3.05, 3.63) is 0 Å². The Balaban J connectivity index is 2.17. The summed E-state index contributed by atoms with van der Waals surface area (Å²) in [6.45, 7) is 4.85. The number of hydrogen-bond donors (Lipinski definition) is 0. The first kappa shape index (κ1) is 10.4. The molecule has 0 spiro atoms. The van der Waals surface area contributed by atoms with Crippen LogP contribution in [-0.4, -0.2) is 86.3 Å². The van der Waals surface area contributed by atoms with Crippen LogP contribution >= 0.6 is 0 Å². The summed E-state index contributed by atoms with van der Waals surface area (Å²) in [5.74, 6) is 0. The van der Waals surface area contributed by atoms with Crippen molar-refractivity contribution in [2.24, 2.45) is 0 Å². The maximum atomic E-state index is 2.60. The van der Waals surface area contributed by atoms with E-state index in [1.165, 1.54) is 26.2 Å². The maximum absolute atomic E-state index is 2.60. The van der Waals surface area contributed by atoms with Crippen LogP contribution in [0.2, 0.25) is 0 Å². The molecular weight excluding hydrogens is 176 g/mol. The van der Waals surface area contributed by atoms with E-state index < -0.39 is 0 Å². The van der Waals surface area contributed by atoms with Crippen molar-refractivity contribution in [2.75, 3.05) is 54.4 Å². The van der Waals surface area contributed by atoms with Gasteiger partial charge in [-0.15, -0.1) is 0 Å². The minimum absolute atomic E-state index is 0.538. The largest absolute Gasteiger partial charge is 0.292 e. The van der Waals surface area contributed by atoms with Crippen LogP contribution in [0.1, 0.15) is 0 Å². The van der Waals surface area contributed by atoms with Gasteiger partial charge in [-0.1, -0.05) is 0 Å². The van der Waals surface area contributed by atoms with Crippen molar-refractivity contribution in [1.29, 1.82) is 0 Å². The fraction of sp³-hybridized carbons (Fsp3) is 1.00. The molecule has 14 heavy (non-hydrogen) atoms. The summed E-state index contributed by atoms with van der Waals surface area (Å²) < 4.78 is 0. The second-order valence-electron chi connectivity index (χ2n) is 4.79. The number of nitrogens with zero attached hydrogens (tertiary/aromatic N) is 4. The third-order valence-corrected chi connectivity index (χ3v) is 3.55. The highest BCUT2D eigenvalue weighted by atomic mass is 15.5. The summed E-state index contributed by atoms with van der Waals surface area (Å²) in [6, 6.07) is 0. The van der Waals surface area contributed by atoms with Crippen LogP contribution in [0.25, 0.3) is 0 Å². The van der Waals surface area contributed by atoms with Gasteiger partial charge in [0.05, 0.1) is 12.3 Å². The van der Waals surface area contributed by atoms with Gasteiger partial charge >= 0.3 is 0 Å². The zero-order valence-electron chi connectivity index (χ0n) is 9.77. The maximum Gasteiger partial charge on any atom is 0.0919 e. The molecule has 2 aliphatic rings. The number of likely N-dealkylation sites (N-methyl/N-ethyl adjacent to an activating group) is 3. The molecule has 0 N–H and O–H groups in total. The molecule has 0 aromatic rings. The molecule has 2 atom stereocenters. The number of rotatable bonds is 1. The predicted octanol–water partition coefficient (Wildman–Crippen LogP) is -0.607. The van der Waals surface area contributed by atoms with Gasteiger partial charge in [0, 0.05) is 26.2 Å². The van der Waals surface area contributed by atoms with E-state index in [1.54, 1.807) is 0 Å². The zero-order valence-corrected chi connectivity index (χ0v) is 9.77. The van der Waals surface area contributed by atoms with Gasteiger partial charge in [0.1, 0.15) is 0 Å². The lowest BCUT2D eigenvalue weighted by atomic mass is 10.2. The van der Waals surface area contributed by atoms with Crippen molar-refractivity contribution in [3.8, 4) is 0 Å². The fourth-order valence-electron chi connectivity index (χ4n) is 2.80. The number of piperazine rings is 1. The normalized spacial score (nSPS) is 36.6. The Bertz CT molecular complexity index is 206. The van der Waals surface area contributed by atoms with Crippen molar-refractivity contribution >= 4 is 0 Å². The van der Waals surface area contributed by atoms with E-state index in [4.69, 9.17) is 0 Å². The molecule has 82 valence electrons. The van der Waals surface area contributed by atoms with Gasteiger partial charge in [-0.25, -0.2) is 0 Å². The van der Waals surface area contributed by atoms with Crippen LogP contribution in [0.4, 0.5) is 0 Å². The molecule has 0 radical (unpaired) electrons. The smallest absolute Gasteiger partial charge is 0.0919 e. The van der Waals surface area contributed by atoms with Gasteiger partial charge in [-0.05, 0) is 28.2 Å². The van der Waals surface area contributed by atoms with E-state index >= 15 is 0 Å². The van der Waals surface area contributed by atoms with E-state index in [-0.39, 0.29) is 0 Å². The standard InChI is InChI=1S/C10H22N4/c1-11(2)9-10-13(4)6-8-14(10)7-5-12(9)3/h9-10H,5-8H2,1-4H3. The Morgan fingerprint density at radius 1 is 0.929 bits per heavy atom. The summed E-state index contributed by atoms with van der Waals surface area (Å²) in [5, 5.41) is 0. The highest BCUT2D eigenvalue weighted by molar-refractivity contribution is 4.92. The summed E-state index contributed by atoms with van der Waals surface area (Å²) in [7, 11) is 8.82. The van der Waals surface area contributed by atoms with Crippen LogP contribution < -0.4 is 0 Å². The third kappa shape index (κ3) is 1.56. The molecule has 0 aromatic heterocycles. The SMILES string of the molecule is CN(C)C1C2N(C)CCN2CCN1C. The Morgan fingerprint density at radius 2 is 1.50 bits per heavy atom. The van der Waals surface area contributed by atoms with Crippen LogP contribution in [0.5, 0.6) is 0 Å². The first-order valence-corrected chi connectivity index (χ1v) is 5.42. The van der Waals surface area contributed by atoms with Gasteiger partial charge < -0.3 is 0 Å². The van der Waals surface area contributed by atoms with E-state index in [0.717, 1.165) is 0 Å². The monoisotopic (exact) mass is 198 g/mol. The number of fused-ring (bicyclic) bond motifs is 1. The lowest BCUT2D eigenvalue weighted by molar-refractivity contribution is -0.0550. The Labute approximate surface area is 87.1 Å². The first-order valence-electron chi connectivity index (χ1n) is 5.42. The number of hydrogen-bond acceptors (Lipinski definition) is 4. The Kier molecular flexibility index (Phi) is 2.79. The molecule has 0 saturated carbocycles. The summed E-state index contributed by atoms with van der Waals surface area (Å²) >= 11 is 0. The fourth-order valence-corrected chi connectivity index (χ4v) is 2.80. The highest BCUT2D eigenvalue weighted by Crippen LogP contribution is 2.23. The lowest BCUT2D eigenvalue weighted by Gasteiger charge is -2.47. The van der Waals surface area contributed by atoms with E-state index in [0.29, 0.717) is 12.3 Å². The summed E-state index contributed by atoms with van der Waals surface area (Å²) in [6.07, 6.45) is 1.12. The molecule has 2 heterocycles. The van der Waals surface area contributed by atoms with Crippen LogP contribution in [0, 0.1) is 0 Å². The van der Waals surface area contributed by atoms with Gasteiger partial charge in [0.15, 0.2) is 0 Å². The first-order chi connectivity index (χ1) is 6.61. The summed E-state index contributed by atoms with van der Waals surface area (Å²) in [4.78, 5) is 9.87. The van der Waals surface area contributed by atoms with Crippen molar-refractivity contribution in [2.45, 2.75) is 12.3 Å². The minimum Gasteiger partial charge on any atom is -0.292 e. The molecule has 2 unspecified atom stereocenters. The molecule has 4 nitrogen and oxygen atoms in total. The van der Waals surface area contributed by atoms with Gasteiger partial charge in [-0.2, -0.15) is 0 Å². The molecule has 0 bridgehead atoms. The molecule has 0 aliphatic carbocycles. The minimum atomic E-state index is 0.538. The van der Waals surface area contributed by atoms with Crippen molar-refractivity contribution < 1.29 is 0 Å². The van der Waals surface area contributed by atoms with Crippen LogP contribution in [-0.2, 0) is 0 Å². The van der Waals surface area contributed by atoms with E-state index in [9.17, 15) is 0 Å².